The van der Waals surface area contributed by atoms with Gasteiger partial charge in [0.05, 0.1) is 13.2 Å². The lowest BCUT2D eigenvalue weighted by molar-refractivity contribution is 0.266. The van der Waals surface area contributed by atoms with Gasteiger partial charge in [-0.2, -0.15) is 0 Å². The summed E-state index contributed by atoms with van der Waals surface area (Å²) >= 11 is 0. The van der Waals surface area contributed by atoms with Gasteiger partial charge in [-0.1, -0.05) is 30.3 Å². The van der Waals surface area contributed by atoms with Crippen LogP contribution >= 0.6 is 0 Å². The normalized spacial score (nSPS) is 13.1. The van der Waals surface area contributed by atoms with Crippen molar-refractivity contribution >= 4 is 16.6 Å². The van der Waals surface area contributed by atoms with Crippen LogP contribution < -0.4 is 10.3 Å². The molecular weight excluding hydrogens is 354 g/mol. The van der Waals surface area contributed by atoms with Crippen LogP contribution in [0, 0.1) is 0 Å². The number of hydrogen-bond acceptors (Lipinski definition) is 5. The first-order valence-corrected chi connectivity index (χ1v) is 9.24. The summed E-state index contributed by atoms with van der Waals surface area (Å²) in [6, 6.07) is 16.8. The first-order valence-electron chi connectivity index (χ1n) is 9.24. The number of aromatic nitrogens is 1. The lowest BCUT2D eigenvalue weighted by Gasteiger charge is -2.28. The van der Waals surface area contributed by atoms with Gasteiger partial charge in [-0.25, -0.2) is 0 Å². The van der Waals surface area contributed by atoms with Crippen LogP contribution in [-0.4, -0.2) is 41.0 Å². The van der Waals surface area contributed by atoms with Crippen LogP contribution in [0.2, 0.25) is 0 Å². The van der Waals surface area contributed by atoms with Crippen molar-refractivity contribution in [3.63, 3.8) is 0 Å². The summed E-state index contributed by atoms with van der Waals surface area (Å²) in [6.45, 7) is 2.78. The number of oxime groups is 1. The molecule has 0 amide bonds. The number of rotatable bonds is 7. The number of fused-ring (bicyclic) bond motifs is 1. The second-order valence-corrected chi connectivity index (χ2v) is 6.80. The predicted octanol–water partition coefficient (Wildman–Crippen LogP) is 3.63. The minimum atomic E-state index is -0.137. The Balaban J connectivity index is 1.85. The molecular formula is C22H25N3O3. The van der Waals surface area contributed by atoms with Crippen molar-refractivity contribution in [1.82, 2.24) is 9.88 Å². The van der Waals surface area contributed by atoms with Gasteiger partial charge < -0.3 is 14.9 Å². The molecule has 0 spiro atoms. The summed E-state index contributed by atoms with van der Waals surface area (Å²) in [4.78, 5) is 16.4. The highest BCUT2D eigenvalue weighted by Crippen LogP contribution is 2.20. The van der Waals surface area contributed by atoms with Gasteiger partial charge in [-0.15, -0.1) is 0 Å². The molecule has 3 rings (SSSR count). The molecule has 0 aliphatic heterocycles. The number of aromatic amines is 1. The van der Waals surface area contributed by atoms with Crippen LogP contribution in [-0.2, 0) is 6.54 Å². The summed E-state index contributed by atoms with van der Waals surface area (Å²) in [7, 11) is 3.67. The van der Waals surface area contributed by atoms with Crippen LogP contribution in [0.1, 0.15) is 24.5 Å². The molecule has 28 heavy (non-hydrogen) atoms. The molecule has 2 aromatic carbocycles. The van der Waals surface area contributed by atoms with Crippen molar-refractivity contribution in [2.45, 2.75) is 25.9 Å². The third-order valence-corrected chi connectivity index (χ3v) is 4.95. The topological polar surface area (TPSA) is 77.9 Å². The Hall–Kier alpha value is -3.12. The molecule has 0 bridgehead atoms. The van der Waals surface area contributed by atoms with Gasteiger partial charge >= 0.3 is 0 Å². The fourth-order valence-electron chi connectivity index (χ4n) is 3.47. The number of benzene rings is 2. The maximum atomic E-state index is 11.5. The molecule has 0 radical (unpaired) electrons. The van der Waals surface area contributed by atoms with E-state index in [0.29, 0.717) is 12.3 Å². The van der Waals surface area contributed by atoms with Crippen molar-refractivity contribution in [3.05, 3.63) is 76.1 Å². The van der Waals surface area contributed by atoms with Gasteiger partial charge in [0, 0.05) is 23.7 Å². The molecule has 1 aromatic heterocycles. The number of methoxy groups -OCH3 is 1. The van der Waals surface area contributed by atoms with E-state index in [-0.39, 0.29) is 11.6 Å². The number of ether oxygens (including phenoxy) is 1. The Labute approximate surface area is 164 Å². The first-order chi connectivity index (χ1) is 13.5. The minimum Gasteiger partial charge on any atom is -0.497 e. The maximum absolute atomic E-state index is 11.5. The minimum absolute atomic E-state index is 0.0627. The van der Waals surface area contributed by atoms with Crippen LogP contribution in [0.15, 0.2) is 64.5 Å². The van der Waals surface area contributed by atoms with E-state index < -0.39 is 0 Å². The molecule has 6 nitrogen and oxygen atoms in total. The second kappa shape index (κ2) is 8.71. The van der Waals surface area contributed by atoms with E-state index in [0.717, 1.165) is 34.2 Å². The van der Waals surface area contributed by atoms with E-state index in [1.807, 2.05) is 49.5 Å². The molecule has 0 aliphatic carbocycles. The molecule has 3 aromatic rings. The van der Waals surface area contributed by atoms with E-state index >= 15 is 0 Å². The lowest BCUT2D eigenvalue weighted by atomic mass is 9.98. The number of pyridine rings is 1. The van der Waals surface area contributed by atoms with Gasteiger partial charge in [-0.3, -0.25) is 9.69 Å². The summed E-state index contributed by atoms with van der Waals surface area (Å²) in [5, 5.41) is 14.3. The fourth-order valence-corrected chi connectivity index (χ4v) is 3.47. The van der Waals surface area contributed by atoms with Crippen LogP contribution in [0.4, 0.5) is 0 Å². The van der Waals surface area contributed by atoms with Crippen molar-refractivity contribution in [2.75, 3.05) is 14.2 Å². The van der Waals surface area contributed by atoms with Crippen LogP contribution in [0.3, 0.4) is 0 Å². The average molecular weight is 379 g/mol. The van der Waals surface area contributed by atoms with E-state index in [2.05, 4.69) is 22.0 Å². The van der Waals surface area contributed by atoms with Gasteiger partial charge in [-0.05, 0) is 54.8 Å². The van der Waals surface area contributed by atoms with Gasteiger partial charge in [0.1, 0.15) is 11.5 Å². The highest BCUT2D eigenvalue weighted by molar-refractivity contribution is 6.06. The number of hydrogen-bond donors (Lipinski definition) is 2. The molecule has 1 atom stereocenters. The number of likely N-dealkylation sites (N-methyl/N-ethyl adjacent to an activating group) is 1. The average Bonchev–Trinajstić information content (AvgIpc) is 2.72. The third kappa shape index (κ3) is 4.23. The molecule has 0 fully saturated rings. The Kier molecular flexibility index (Phi) is 6.11. The van der Waals surface area contributed by atoms with Crippen molar-refractivity contribution < 1.29 is 9.94 Å². The van der Waals surface area contributed by atoms with Crippen LogP contribution in [0.25, 0.3) is 10.9 Å². The zero-order chi connectivity index (χ0) is 20.1. The zero-order valence-corrected chi connectivity index (χ0v) is 16.3. The molecule has 2 N–H and O–H groups in total. The van der Waals surface area contributed by atoms with E-state index in [1.54, 1.807) is 13.2 Å². The summed E-state index contributed by atoms with van der Waals surface area (Å²) in [5.74, 6) is 0.824. The zero-order valence-electron chi connectivity index (χ0n) is 16.3. The molecule has 0 saturated heterocycles. The SMILES string of the molecule is CCC(C(=NO)c1ccc2[nH]c(=O)ccc2c1)N(C)Cc1ccc(OC)cc1. The largest absolute Gasteiger partial charge is 0.497 e. The first kappa shape index (κ1) is 19.6. The predicted molar refractivity (Wildman–Crippen MR) is 111 cm³/mol. The third-order valence-electron chi connectivity index (χ3n) is 4.95. The van der Waals surface area contributed by atoms with Crippen LogP contribution in [0.5, 0.6) is 5.75 Å². The highest BCUT2D eigenvalue weighted by Gasteiger charge is 2.22. The Morgan fingerprint density at radius 2 is 1.93 bits per heavy atom. The molecule has 1 unspecified atom stereocenters. The van der Waals surface area contributed by atoms with Crippen molar-refractivity contribution in [2.24, 2.45) is 5.16 Å². The number of nitrogens with zero attached hydrogens (tertiary/aromatic N) is 2. The van der Waals surface area contributed by atoms with Crippen molar-refractivity contribution in [1.29, 1.82) is 0 Å². The molecule has 0 aliphatic rings. The Morgan fingerprint density at radius 1 is 1.18 bits per heavy atom. The van der Waals surface area contributed by atoms with Crippen molar-refractivity contribution in [3.8, 4) is 5.75 Å². The standard InChI is InChI=1S/C22H25N3O3/c1-4-20(25(2)14-15-5-9-18(28-3)10-6-15)22(24-27)17-7-11-19-16(13-17)8-12-21(26)23-19/h5-13,20,27H,4,14H2,1-3H3,(H,23,26). The quantitative estimate of drug-likeness (QED) is 0.373. The Morgan fingerprint density at radius 3 is 2.57 bits per heavy atom. The van der Waals surface area contributed by atoms with E-state index in [9.17, 15) is 10.0 Å². The monoisotopic (exact) mass is 379 g/mol. The highest BCUT2D eigenvalue weighted by atomic mass is 16.5. The summed E-state index contributed by atoms with van der Waals surface area (Å²) in [5.41, 5.74) is 3.20. The molecule has 1 heterocycles. The smallest absolute Gasteiger partial charge is 0.248 e. The van der Waals surface area contributed by atoms with Gasteiger partial charge in [0.25, 0.3) is 0 Å². The molecule has 0 saturated carbocycles. The summed E-state index contributed by atoms with van der Waals surface area (Å²) < 4.78 is 5.21. The Bertz CT molecular complexity index is 1030. The number of nitrogens with one attached hydrogen (secondary N) is 1. The molecule has 6 heteroatoms. The van der Waals surface area contributed by atoms with Gasteiger partial charge in [0.15, 0.2) is 0 Å². The maximum Gasteiger partial charge on any atom is 0.248 e. The van der Waals surface area contributed by atoms with E-state index in [1.165, 1.54) is 6.07 Å². The molecule has 146 valence electrons. The fraction of sp³-hybridized carbons (Fsp3) is 0.273. The van der Waals surface area contributed by atoms with Gasteiger partial charge in [0.2, 0.25) is 5.56 Å². The lowest BCUT2D eigenvalue weighted by Crippen LogP contribution is -2.38. The summed E-state index contributed by atoms with van der Waals surface area (Å²) in [6.07, 6.45) is 0.787. The number of H-pyrrole nitrogens is 1. The van der Waals surface area contributed by atoms with E-state index in [4.69, 9.17) is 4.74 Å². The second-order valence-electron chi connectivity index (χ2n) is 6.80.